The highest BCUT2D eigenvalue weighted by Gasteiger charge is 2.15. The second-order valence-electron chi connectivity index (χ2n) is 5.43. The third-order valence-corrected chi connectivity index (χ3v) is 3.74. The Hall–Kier alpha value is -2.99. The van der Waals surface area contributed by atoms with Crippen LogP contribution >= 0.6 is 0 Å². The molecule has 25 heavy (non-hydrogen) atoms. The maximum Gasteiger partial charge on any atom is 0.152 e. The number of aliphatic hydroxyl groups excluding tert-OH is 1. The lowest BCUT2D eigenvalue weighted by Crippen LogP contribution is -2.09. The summed E-state index contributed by atoms with van der Waals surface area (Å²) in [4.78, 5) is 0. The normalized spacial score (nSPS) is 10.7. The van der Waals surface area contributed by atoms with E-state index >= 15 is 0 Å². The molecule has 0 atom stereocenters. The number of nitrogens with one attached hydrogen (secondary N) is 2. The van der Waals surface area contributed by atoms with Gasteiger partial charge in [-0.05, 0) is 36.4 Å². The van der Waals surface area contributed by atoms with Crippen LogP contribution in [-0.4, -0.2) is 10.8 Å². The van der Waals surface area contributed by atoms with Crippen molar-refractivity contribution < 1.29 is 18.3 Å². The van der Waals surface area contributed by atoms with Crippen LogP contribution in [0.4, 0.5) is 14.5 Å². The molecule has 1 heterocycles. The second-order valence-corrected chi connectivity index (χ2v) is 5.43. The van der Waals surface area contributed by atoms with Crippen molar-refractivity contribution in [3.8, 4) is 0 Å². The lowest BCUT2D eigenvalue weighted by Gasteiger charge is -2.13. The van der Waals surface area contributed by atoms with Crippen molar-refractivity contribution in [3.05, 3.63) is 88.9 Å². The van der Waals surface area contributed by atoms with Gasteiger partial charge in [-0.3, -0.25) is 5.41 Å². The molecule has 0 saturated heterocycles. The zero-order valence-electron chi connectivity index (χ0n) is 13.2. The van der Waals surface area contributed by atoms with Crippen LogP contribution in [0.2, 0.25) is 0 Å². The standard InChI is InChI=1S/C19H16F2N2O2/c20-13-5-7-17(23-10-12-3-1-2-4-16(12)21)15(9-13)19(22)18-8-6-14(11-24)25-18/h1-9,22-24H,10-11H2. The summed E-state index contributed by atoms with van der Waals surface area (Å²) in [5, 5.41) is 20.4. The first-order valence-electron chi connectivity index (χ1n) is 7.64. The van der Waals surface area contributed by atoms with Gasteiger partial charge < -0.3 is 14.8 Å². The Labute approximate surface area is 143 Å². The molecule has 4 nitrogen and oxygen atoms in total. The van der Waals surface area contributed by atoms with Crippen molar-refractivity contribution in [2.45, 2.75) is 13.2 Å². The highest BCUT2D eigenvalue weighted by molar-refractivity contribution is 6.12. The number of hydrogen-bond donors (Lipinski definition) is 3. The number of furan rings is 1. The zero-order valence-corrected chi connectivity index (χ0v) is 13.2. The number of rotatable bonds is 6. The average molecular weight is 342 g/mol. The molecule has 0 bridgehead atoms. The Balaban J connectivity index is 1.87. The van der Waals surface area contributed by atoms with Crippen molar-refractivity contribution in [2.75, 3.05) is 5.32 Å². The minimum absolute atomic E-state index is 0.0322. The molecular weight excluding hydrogens is 326 g/mol. The Morgan fingerprint density at radius 3 is 2.60 bits per heavy atom. The van der Waals surface area contributed by atoms with Crippen LogP contribution in [-0.2, 0) is 13.2 Å². The molecule has 0 radical (unpaired) electrons. The van der Waals surface area contributed by atoms with Gasteiger partial charge in [0, 0.05) is 23.4 Å². The average Bonchev–Trinajstić information content (AvgIpc) is 3.10. The van der Waals surface area contributed by atoms with Crippen molar-refractivity contribution in [2.24, 2.45) is 0 Å². The number of anilines is 1. The van der Waals surface area contributed by atoms with Gasteiger partial charge in [-0.1, -0.05) is 18.2 Å². The summed E-state index contributed by atoms with van der Waals surface area (Å²) in [5.41, 5.74) is 1.20. The molecule has 3 rings (SSSR count). The SMILES string of the molecule is N=C(c1ccc(CO)o1)c1cc(F)ccc1NCc1ccccc1F. The topological polar surface area (TPSA) is 69.2 Å². The number of halogens is 2. The fraction of sp³-hybridized carbons (Fsp3) is 0.105. The summed E-state index contributed by atoms with van der Waals surface area (Å²) < 4.78 is 32.7. The molecule has 0 aliphatic heterocycles. The van der Waals surface area contributed by atoms with Crippen LogP contribution in [0.3, 0.4) is 0 Å². The summed E-state index contributed by atoms with van der Waals surface area (Å²) in [6.45, 7) is -0.0898. The fourth-order valence-corrected chi connectivity index (χ4v) is 2.44. The number of benzene rings is 2. The van der Waals surface area contributed by atoms with Crippen LogP contribution < -0.4 is 5.32 Å². The van der Waals surface area contributed by atoms with E-state index in [1.54, 1.807) is 30.3 Å². The molecule has 2 aromatic carbocycles. The summed E-state index contributed by atoms with van der Waals surface area (Å²) in [6, 6.07) is 13.4. The summed E-state index contributed by atoms with van der Waals surface area (Å²) in [5.74, 6) is -0.307. The van der Waals surface area contributed by atoms with Gasteiger partial charge in [0.05, 0.1) is 0 Å². The lowest BCUT2D eigenvalue weighted by atomic mass is 10.1. The molecule has 1 aromatic heterocycles. The predicted molar refractivity (Wildman–Crippen MR) is 90.7 cm³/mol. The van der Waals surface area contributed by atoms with Crippen LogP contribution in [0.15, 0.2) is 59.0 Å². The Morgan fingerprint density at radius 2 is 1.88 bits per heavy atom. The molecule has 128 valence electrons. The summed E-state index contributed by atoms with van der Waals surface area (Å²) >= 11 is 0. The van der Waals surface area contributed by atoms with E-state index in [-0.39, 0.29) is 36.0 Å². The zero-order chi connectivity index (χ0) is 17.8. The van der Waals surface area contributed by atoms with Gasteiger partial charge in [-0.15, -0.1) is 0 Å². The van der Waals surface area contributed by atoms with Gasteiger partial charge >= 0.3 is 0 Å². The summed E-state index contributed by atoms with van der Waals surface area (Å²) in [6.07, 6.45) is 0. The van der Waals surface area contributed by atoms with Crippen molar-refractivity contribution >= 4 is 11.4 Å². The maximum absolute atomic E-state index is 13.7. The minimum atomic E-state index is -0.495. The number of hydrogen-bond acceptors (Lipinski definition) is 4. The maximum atomic E-state index is 13.7. The van der Waals surface area contributed by atoms with Gasteiger partial charge in [-0.2, -0.15) is 0 Å². The van der Waals surface area contributed by atoms with Gasteiger partial charge in [-0.25, -0.2) is 8.78 Å². The predicted octanol–water partition coefficient (Wildman–Crippen LogP) is 4.08. The van der Waals surface area contributed by atoms with Crippen molar-refractivity contribution in [3.63, 3.8) is 0 Å². The molecule has 3 N–H and O–H groups in total. The first-order valence-corrected chi connectivity index (χ1v) is 7.64. The van der Waals surface area contributed by atoms with Crippen molar-refractivity contribution in [1.82, 2.24) is 0 Å². The summed E-state index contributed by atoms with van der Waals surface area (Å²) in [7, 11) is 0. The molecule has 3 aromatic rings. The van der Waals surface area contributed by atoms with Gasteiger partial charge in [0.15, 0.2) is 5.76 Å². The first kappa shape index (κ1) is 16.9. The molecule has 0 amide bonds. The monoisotopic (exact) mass is 342 g/mol. The van der Waals surface area contributed by atoms with E-state index in [2.05, 4.69) is 5.32 Å². The van der Waals surface area contributed by atoms with Crippen LogP contribution in [0.25, 0.3) is 0 Å². The molecule has 0 aliphatic carbocycles. The van der Waals surface area contributed by atoms with Gasteiger partial charge in [0.25, 0.3) is 0 Å². The van der Waals surface area contributed by atoms with E-state index in [4.69, 9.17) is 14.9 Å². The smallest absolute Gasteiger partial charge is 0.152 e. The Morgan fingerprint density at radius 1 is 1.08 bits per heavy atom. The molecule has 0 unspecified atom stereocenters. The third kappa shape index (κ3) is 3.75. The fourth-order valence-electron chi connectivity index (χ4n) is 2.44. The molecule has 0 saturated carbocycles. The minimum Gasteiger partial charge on any atom is -0.457 e. The highest BCUT2D eigenvalue weighted by Crippen LogP contribution is 2.23. The number of aliphatic hydroxyl groups is 1. The van der Waals surface area contributed by atoms with Crippen LogP contribution in [0, 0.1) is 17.0 Å². The van der Waals surface area contributed by atoms with E-state index in [1.165, 1.54) is 24.3 Å². The molecule has 0 fully saturated rings. The van der Waals surface area contributed by atoms with Crippen LogP contribution in [0.1, 0.15) is 22.6 Å². The molecule has 0 spiro atoms. The highest BCUT2D eigenvalue weighted by atomic mass is 19.1. The van der Waals surface area contributed by atoms with E-state index in [9.17, 15) is 8.78 Å². The lowest BCUT2D eigenvalue weighted by molar-refractivity contribution is 0.246. The van der Waals surface area contributed by atoms with E-state index in [1.807, 2.05) is 0 Å². The largest absolute Gasteiger partial charge is 0.457 e. The Kier molecular flexibility index (Phi) is 4.90. The third-order valence-electron chi connectivity index (χ3n) is 3.74. The van der Waals surface area contributed by atoms with E-state index in [0.717, 1.165) is 0 Å². The quantitative estimate of drug-likeness (QED) is 0.591. The van der Waals surface area contributed by atoms with Crippen LogP contribution in [0.5, 0.6) is 0 Å². The second kappa shape index (κ2) is 7.27. The van der Waals surface area contributed by atoms with Crippen molar-refractivity contribution in [1.29, 1.82) is 5.41 Å². The van der Waals surface area contributed by atoms with Gasteiger partial charge in [0.1, 0.15) is 29.7 Å². The van der Waals surface area contributed by atoms with E-state index < -0.39 is 5.82 Å². The van der Waals surface area contributed by atoms with E-state index in [0.29, 0.717) is 17.0 Å². The molecular formula is C19H16F2N2O2. The molecule has 6 heteroatoms. The Bertz CT molecular complexity index is 906. The molecule has 0 aliphatic rings. The van der Waals surface area contributed by atoms with Gasteiger partial charge in [0.2, 0.25) is 0 Å². The first-order chi connectivity index (χ1) is 12.1.